The van der Waals surface area contributed by atoms with Crippen molar-refractivity contribution in [3.63, 3.8) is 0 Å². The number of thiophene rings is 1. The van der Waals surface area contributed by atoms with Gasteiger partial charge < -0.3 is 5.32 Å². The third kappa shape index (κ3) is 3.14. The monoisotopic (exact) mass is 321 g/mol. The highest BCUT2D eigenvalue weighted by Gasteiger charge is 2.10. The Hall–Kier alpha value is -1.72. The van der Waals surface area contributed by atoms with Crippen molar-refractivity contribution in [3.8, 4) is 0 Å². The second kappa shape index (κ2) is 5.95. The Morgan fingerprint density at radius 2 is 2.00 bits per heavy atom. The third-order valence-corrected chi connectivity index (χ3v) is 4.48. The van der Waals surface area contributed by atoms with Gasteiger partial charge in [0.25, 0.3) is 0 Å². The van der Waals surface area contributed by atoms with Crippen molar-refractivity contribution < 1.29 is 4.39 Å². The SMILES string of the molecule is CCc1cc2c(NCc3ccc(F)cc3)nc(Cl)nc2s1. The van der Waals surface area contributed by atoms with Crippen molar-refractivity contribution >= 4 is 39.0 Å². The van der Waals surface area contributed by atoms with Crippen molar-refractivity contribution in [2.75, 3.05) is 5.32 Å². The molecule has 0 saturated carbocycles. The van der Waals surface area contributed by atoms with Crippen LogP contribution in [0.2, 0.25) is 5.28 Å². The Morgan fingerprint density at radius 1 is 1.24 bits per heavy atom. The fraction of sp³-hybridized carbons (Fsp3) is 0.200. The molecule has 3 aromatic rings. The molecule has 2 heterocycles. The van der Waals surface area contributed by atoms with Crippen LogP contribution in [0.1, 0.15) is 17.4 Å². The third-order valence-electron chi connectivity index (χ3n) is 3.14. The molecule has 1 N–H and O–H groups in total. The molecular formula is C15H13ClFN3S. The minimum absolute atomic E-state index is 0.230. The maximum absolute atomic E-state index is 12.9. The van der Waals surface area contributed by atoms with E-state index in [0.717, 1.165) is 22.2 Å². The zero-order valence-corrected chi connectivity index (χ0v) is 12.9. The van der Waals surface area contributed by atoms with Gasteiger partial charge in [-0.05, 0) is 41.8 Å². The van der Waals surface area contributed by atoms with Crippen LogP contribution in [0.5, 0.6) is 0 Å². The molecule has 1 aromatic carbocycles. The summed E-state index contributed by atoms with van der Waals surface area (Å²) in [6.07, 6.45) is 0.954. The molecular weight excluding hydrogens is 309 g/mol. The number of halogens is 2. The summed E-state index contributed by atoms with van der Waals surface area (Å²) in [6, 6.07) is 8.46. The van der Waals surface area contributed by atoms with Gasteiger partial charge in [0, 0.05) is 11.4 Å². The van der Waals surface area contributed by atoms with Crippen LogP contribution < -0.4 is 5.32 Å². The van der Waals surface area contributed by atoms with Crippen LogP contribution >= 0.6 is 22.9 Å². The number of anilines is 1. The standard InChI is InChI=1S/C15H13ClFN3S/c1-2-11-7-12-13(19-15(16)20-14(12)21-11)18-8-9-3-5-10(17)6-4-9/h3-7H,2,8H2,1H3,(H,18,19,20). The number of nitrogens with zero attached hydrogens (tertiary/aromatic N) is 2. The number of aryl methyl sites for hydroxylation is 1. The van der Waals surface area contributed by atoms with Crippen LogP contribution in [0.25, 0.3) is 10.2 Å². The van der Waals surface area contributed by atoms with Crippen LogP contribution in [0.3, 0.4) is 0 Å². The molecule has 0 aliphatic carbocycles. The number of benzene rings is 1. The van der Waals surface area contributed by atoms with E-state index in [1.807, 2.05) is 0 Å². The van der Waals surface area contributed by atoms with E-state index in [2.05, 4.69) is 28.3 Å². The summed E-state index contributed by atoms with van der Waals surface area (Å²) < 4.78 is 12.9. The van der Waals surface area contributed by atoms with Crippen LogP contribution in [-0.2, 0) is 13.0 Å². The molecule has 0 amide bonds. The van der Waals surface area contributed by atoms with Gasteiger partial charge >= 0.3 is 0 Å². The molecule has 0 aliphatic rings. The molecule has 0 fully saturated rings. The van der Waals surface area contributed by atoms with Crippen molar-refractivity contribution in [2.24, 2.45) is 0 Å². The summed E-state index contributed by atoms with van der Waals surface area (Å²) >= 11 is 7.60. The fourth-order valence-corrected chi connectivity index (χ4v) is 3.23. The number of fused-ring (bicyclic) bond motifs is 1. The molecule has 0 spiro atoms. The van der Waals surface area contributed by atoms with E-state index in [1.165, 1.54) is 17.0 Å². The number of aromatic nitrogens is 2. The first kappa shape index (κ1) is 14.2. The molecule has 6 heteroatoms. The highest BCUT2D eigenvalue weighted by Crippen LogP contribution is 2.30. The van der Waals surface area contributed by atoms with Crippen LogP contribution in [-0.4, -0.2) is 9.97 Å². The van der Waals surface area contributed by atoms with Gasteiger partial charge in [-0.1, -0.05) is 19.1 Å². The van der Waals surface area contributed by atoms with Gasteiger partial charge in [-0.3, -0.25) is 0 Å². The molecule has 2 aromatic heterocycles. The summed E-state index contributed by atoms with van der Waals surface area (Å²) in [6.45, 7) is 2.66. The molecule has 0 saturated heterocycles. The zero-order valence-electron chi connectivity index (χ0n) is 11.4. The van der Waals surface area contributed by atoms with Crippen molar-refractivity contribution in [1.29, 1.82) is 0 Å². The average molecular weight is 322 g/mol. The van der Waals surface area contributed by atoms with Crippen molar-refractivity contribution in [2.45, 2.75) is 19.9 Å². The maximum atomic E-state index is 12.9. The van der Waals surface area contributed by atoms with Crippen molar-refractivity contribution in [1.82, 2.24) is 9.97 Å². The van der Waals surface area contributed by atoms with Crippen LogP contribution in [0.4, 0.5) is 10.2 Å². The van der Waals surface area contributed by atoms with E-state index in [-0.39, 0.29) is 11.1 Å². The first-order chi connectivity index (χ1) is 10.2. The minimum atomic E-state index is -0.239. The van der Waals surface area contributed by atoms with E-state index in [9.17, 15) is 4.39 Å². The van der Waals surface area contributed by atoms with E-state index >= 15 is 0 Å². The molecule has 3 nitrogen and oxygen atoms in total. The first-order valence-corrected chi connectivity index (χ1v) is 7.79. The van der Waals surface area contributed by atoms with Gasteiger partial charge in [0.05, 0.1) is 5.39 Å². The number of rotatable bonds is 4. The quantitative estimate of drug-likeness (QED) is 0.710. The highest BCUT2D eigenvalue weighted by molar-refractivity contribution is 7.18. The molecule has 0 radical (unpaired) electrons. The smallest absolute Gasteiger partial charge is 0.225 e. The summed E-state index contributed by atoms with van der Waals surface area (Å²) in [4.78, 5) is 10.6. The predicted octanol–water partition coefficient (Wildman–Crippen LogP) is 4.66. The lowest BCUT2D eigenvalue weighted by Gasteiger charge is -2.07. The molecule has 0 unspecified atom stereocenters. The van der Waals surface area contributed by atoms with E-state index in [1.54, 1.807) is 23.5 Å². The zero-order chi connectivity index (χ0) is 14.8. The summed E-state index contributed by atoms with van der Waals surface area (Å²) in [5.41, 5.74) is 0.977. The lowest BCUT2D eigenvalue weighted by atomic mass is 10.2. The molecule has 108 valence electrons. The second-order valence-electron chi connectivity index (χ2n) is 4.61. The Labute approximate surface area is 130 Å². The van der Waals surface area contributed by atoms with Gasteiger partial charge in [0.2, 0.25) is 5.28 Å². The Balaban J connectivity index is 1.88. The molecule has 21 heavy (non-hydrogen) atoms. The number of nitrogens with one attached hydrogen (secondary N) is 1. The minimum Gasteiger partial charge on any atom is -0.365 e. The van der Waals surface area contributed by atoms with Gasteiger partial charge in [-0.25, -0.2) is 14.4 Å². The van der Waals surface area contributed by atoms with Crippen molar-refractivity contribution in [3.05, 3.63) is 51.9 Å². The Bertz CT molecular complexity index is 770. The van der Waals surface area contributed by atoms with Crippen LogP contribution in [0.15, 0.2) is 30.3 Å². The second-order valence-corrected chi connectivity index (χ2v) is 6.06. The maximum Gasteiger partial charge on any atom is 0.225 e. The summed E-state index contributed by atoms with van der Waals surface area (Å²) in [7, 11) is 0. The first-order valence-electron chi connectivity index (χ1n) is 6.60. The molecule has 0 atom stereocenters. The van der Waals surface area contributed by atoms with Crippen LogP contribution in [0, 0.1) is 5.82 Å². The highest BCUT2D eigenvalue weighted by atomic mass is 35.5. The normalized spacial score (nSPS) is 11.0. The largest absolute Gasteiger partial charge is 0.365 e. The fourth-order valence-electron chi connectivity index (χ4n) is 2.04. The Kier molecular flexibility index (Phi) is 4.03. The lowest BCUT2D eigenvalue weighted by molar-refractivity contribution is 0.627. The van der Waals surface area contributed by atoms with E-state index in [4.69, 9.17) is 11.6 Å². The average Bonchev–Trinajstić information content (AvgIpc) is 2.89. The lowest BCUT2D eigenvalue weighted by Crippen LogP contribution is -2.02. The Morgan fingerprint density at radius 3 is 2.71 bits per heavy atom. The van der Waals surface area contributed by atoms with E-state index < -0.39 is 0 Å². The predicted molar refractivity (Wildman–Crippen MR) is 85.5 cm³/mol. The molecule has 0 bridgehead atoms. The summed E-state index contributed by atoms with van der Waals surface area (Å²) in [5, 5.41) is 4.46. The molecule has 0 aliphatic heterocycles. The van der Waals surface area contributed by atoms with Gasteiger partial charge in [-0.15, -0.1) is 11.3 Å². The van der Waals surface area contributed by atoms with Gasteiger partial charge in [-0.2, -0.15) is 0 Å². The van der Waals surface area contributed by atoms with Gasteiger partial charge in [0.15, 0.2) is 0 Å². The number of hydrogen-bond donors (Lipinski definition) is 1. The topological polar surface area (TPSA) is 37.8 Å². The number of hydrogen-bond acceptors (Lipinski definition) is 4. The van der Waals surface area contributed by atoms with E-state index in [0.29, 0.717) is 12.4 Å². The molecule has 3 rings (SSSR count). The van der Waals surface area contributed by atoms with Gasteiger partial charge in [0.1, 0.15) is 16.5 Å². The summed E-state index contributed by atoms with van der Waals surface area (Å²) in [5.74, 6) is 0.474.